The molecule has 0 radical (unpaired) electrons. The van der Waals surface area contributed by atoms with Crippen LogP contribution in [0.25, 0.3) is 10.8 Å². The van der Waals surface area contributed by atoms with Gasteiger partial charge in [0, 0.05) is 16.5 Å². The first-order valence-electron chi connectivity index (χ1n) is 7.73. The lowest BCUT2D eigenvalue weighted by Gasteiger charge is -2.09. The van der Waals surface area contributed by atoms with E-state index in [1.165, 1.54) is 17.4 Å². The smallest absolute Gasteiger partial charge is 0.342 e. The highest BCUT2D eigenvalue weighted by Crippen LogP contribution is 2.29. The Labute approximate surface area is 153 Å². The minimum Gasteiger partial charge on any atom is -0.506 e. The van der Waals surface area contributed by atoms with Crippen LogP contribution in [0.1, 0.15) is 27.0 Å². The molecule has 130 valence electrons. The molecule has 3 aromatic rings. The van der Waals surface area contributed by atoms with Gasteiger partial charge >= 0.3 is 5.97 Å². The number of thiazole rings is 1. The molecular weight excluding hydrogens is 352 g/mol. The summed E-state index contributed by atoms with van der Waals surface area (Å²) in [5.41, 5.74) is 0.686. The fourth-order valence-corrected chi connectivity index (χ4v) is 3.35. The molecule has 0 aliphatic rings. The van der Waals surface area contributed by atoms with Gasteiger partial charge in [-0.15, -0.1) is 11.3 Å². The van der Waals surface area contributed by atoms with Crippen molar-refractivity contribution in [3.8, 4) is 11.8 Å². The summed E-state index contributed by atoms with van der Waals surface area (Å²) in [6, 6.07) is 12.1. The Kier molecular flexibility index (Phi) is 4.96. The lowest BCUT2D eigenvalue weighted by Crippen LogP contribution is -2.20. The molecule has 1 aromatic heterocycles. The Morgan fingerprint density at radius 1 is 1.31 bits per heavy atom. The molecule has 0 amide bonds. The Morgan fingerprint density at radius 3 is 2.77 bits per heavy atom. The summed E-state index contributed by atoms with van der Waals surface area (Å²) in [6.45, 7) is 1.20. The predicted molar refractivity (Wildman–Crippen MR) is 96.1 cm³/mol. The molecule has 0 bridgehead atoms. The van der Waals surface area contributed by atoms with Gasteiger partial charge in [0.25, 0.3) is 0 Å². The van der Waals surface area contributed by atoms with Crippen molar-refractivity contribution in [1.82, 2.24) is 4.98 Å². The van der Waals surface area contributed by atoms with Gasteiger partial charge in [0.2, 0.25) is 0 Å². The maximum Gasteiger partial charge on any atom is 0.342 e. The van der Waals surface area contributed by atoms with Gasteiger partial charge in [0.15, 0.2) is 18.3 Å². The summed E-state index contributed by atoms with van der Waals surface area (Å²) in [7, 11) is 0. The molecule has 2 aromatic carbocycles. The fourth-order valence-electron chi connectivity index (χ4n) is 2.49. The number of nitrogens with zero attached hydrogens (tertiary/aromatic N) is 2. The van der Waals surface area contributed by atoms with Crippen LogP contribution in [0, 0.1) is 18.3 Å². The van der Waals surface area contributed by atoms with Crippen molar-refractivity contribution in [2.45, 2.75) is 12.8 Å². The number of aryl methyl sites for hydroxylation is 1. The van der Waals surface area contributed by atoms with Crippen molar-refractivity contribution in [3.05, 3.63) is 58.0 Å². The van der Waals surface area contributed by atoms with E-state index in [1.54, 1.807) is 36.6 Å². The molecule has 1 N–H and O–H groups in total. The highest BCUT2D eigenvalue weighted by atomic mass is 32.1. The normalized spacial score (nSPS) is 11.7. The van der Waals surface area contributed by atoms with Crippen LogP contribution >= 0.6 is 11.3 Å². The van der Waals surface area contributed by atoms with Crippen molar-refractivity contribution < 1.29 is 19.4 Å². The zero-order valence-corrected chi connectivity index (χ0v) is 14.6. The molecule has 6 nitrogen and oxygen atoms in total. The van der Waals surface area contributed by atoms with Crippen LogP contribution in [-0.2, 0) is 9.53 Å². The minimum absolute atomic E-state index is 0.0323. The Bertz CT molecular complexity index is 1040. The van der Waals surface area contributed by atoms with Gasteiger partial charge in [-0.3, -0.25) is 4.79 Å². The van der Waals surface area contributed by atoms with Crippen LogP contribution in [0.5, 0.6) is 5.75 Å². The number of aromatic nitrogens is 1. The number of carbonyl (C=O) groups is 2. The van der Waals surface area contributed by atoms with E-state index in [9.17, 15) is 20.0 Å². The standard InChI is InChI=1S/C19H14N2O4S/c1-11-10-26-18(21-11)15(8-20)16(22)9-25-19(24)14-7-6-12-4-2-3-5-13(12)17(14)23/h2-7,10,15,23H,9H2,1H3/t15-/m0/s1. The maximum atomic E-state index is 12.2. The Balaban J connectivity index is 1.73. The number of fused-ring (bicyclic) bond motifs is 1. The number of ether oxygens (including phenoxy) is 1. The third-order valence-electron chi connectivity index (χ3n) is 3.80. The van der Waals surface area contributed by atoms with Gasteiger partial charge in [-0.25, -0.2) is 9.78 Å². The lowest BCUT2D eigenvalue weighted by atomic mass is 10.1. The first-order chi connectivity index (χ1) is 12.5. The maximum absolute atomic E-state index is 12.2. The van der Waals surface area contributed by atoms with E-state index >= 15 is 0 Å². The van der Waals surface area contributed by atoms with Crippen molar-refractivity contribution in [2.75, 3.05) is 6.61 Å². The van der Waals surface area contributed by atoms with E-state index in [0.717, 1.165) is 11.1 Å². The van der Waals surface area contributed by atoms with E-state index in [4.69, 9.17) is 4.74 Å². The number of benzene rings is 2. The number of hydrogen-bond acceptors (Lipinski definition) is 7. The summed E-state index contributed by atoms with van der Waals surface area (Å²) < 4.78 is 5.01. The molecule has 0 aliphatic heterocycles. The number of aromatic hydroxyl groups is 1. The average Bonchev–Trinajstić information content (AvgIpc) is 3.07. The van der Waals surface area contributed by atoms with Gasteiger partial charge in [-0.05, 0) is 18.4 Å². The highest BCUT2D eigenvalue weighted by Gasteiger charge is 2.25. The molecule has 0 saturated carbocycles. The van der Waals surface area contributed by atoms with E-state index in [0.29, 0.717) is 10.4 Å². The molecule has 0 unspecified atom stereocenters. The van der Waals surface area contributed by atoms with E-state index < -0.39 is 24.3 Å². The van der Waals surface area contributed by atoms with Crippen LogP contribution < -0.4 is 0 Å². The largest absolute Gasteiger partial charge is 0.506 e. The number of phenols is 1. The van der Waals surface area contributed by atoms with E-state index in [-0.39, 0.29) is 11.3 Å². The van der Waals surface area contributed by atoms with Crippen LogP contribution in [0.4, 0.5) is 0 Å². The number of esters is 1. The summed E-state index contributed by atoms with van der Waals surface area (Å²) in [4.78, 5) is 28.6. The molecule has 1 heterocycles. The first kappa shape index (κ1) is 17.6. The number of phenolic OH excluding ortho intramolecular Hbond substituents is 1. The topological polar surface area (TPSA) is 100 Å². The number of ketones is 1. The third-order valence-corrected chi connectivity index (χ3v) is 4.83. The second kappa shape index (κ2) is 7.33. The van der Waals surface area contributed by atoms with Crippen molar-refractivity contribution in [2.24, 2.45) is 0 Å². The summed E-state index contributed by atoms with van der Waals surface area (Å²) in [5.74, 6) is -2.66. The molecule has 0 aliphatic carbocycles. The average molecular weight is 366 g/mol. The molecular formula is C19H14N2O4S. The predicted octanol–water partition coefficient (Wildman–Crippen LogP) is 3.34. The minimum atomic E-state index is -1.08. The fraction of sp³-hybridized carbons (Fsp3) is 0.158. The summed E-state index contributed by atoms with van der Waals surface area (Å²) >= 11 is 1.21. The van der Waals surface area contributed by atoms with Gasteiger partial charge in [0.05, 0.1) is 6.07 Å². The molecule has 0 spiro atoms. The zero-order valence-electron chi connectivity index (χ0n) is 13.8. The first-order valence-corrected chi connectivity index (χ1v) is 8.61. The van der Waals surface area contributed by atoms with Crippen molar-refractivity contribution in [1.29, 1.82) is 5.26 Å². The second-order valence-corrected chi connectivity index (χ2v) is 6.50. The number of nitriles is 1. The molecule has 1 atom stereocenters. The Morgan fingerprint density at radius 2 is 2.08 bits per heavy atom. The number of rotatable bonds is 5. The summed E-state index contributed by atoms with van der Waals surface area (Å²) in [6.07, 6.45) is 0. The number of Topliss-reactive ketones (excluding diaryl/α,β-unsaturated/α-hetero) is 1. The monoisotopic (exact) mass is 366 g/mol. The molecule has 26 heavy (non-hydrogen) atoms. The SMILES string of the molecule is Cc1csc([C@@H](C#N)C(=O)COC(=O)c2ccc3ccccc3c2O)n1. The van der Waals surface area contributed by atoms with Crippen LogP contribution in [-0.4, -0.2) is 28.4 Å². The van der Waals surface area contributed by atoms with Gasteiger partial charge < -0.3 is 9.84 Å². The molecule has 7 heteroatoms. The van der Waals surface area contributed by atoms with Crippen LogP contribution in [0.2, 0.25) is 0 Å². The van der Waals surface area contributed by atoms with Gasteiger partial charge in [0.1, 0.15) is 16.3 Å². The van der Waals surface area contributed by atoms with Crippen molar-refractivity contribution >= 4 is 33.9 Å². The highest BCUT2D eigenvalue weighted by molar-refractivity contribution is 7.09. The second-order valence-electron chi connectivity index (χ2n) is 5.61. The van der Waals surface area contributed by atoms with Crippen molar-refractivity contribution in [3.63, 3.8) is 0 Å². The van der Waals surface area contributed by atoms with E-state index in [2.05, 4.69) is 4.98 Å². The van der Waals surface area contributed by atoms with E-state index in [1.807, 2.05) is 12.1 Å². The van der Waals surface area contributed by atoms with Crippen LogP contribution in [0.15, 0.2) is 41.8 Å². The lowest BCUT2D eigenvalue weighted by molar-refractivity contribution is -0.122. The van der Waals surface area contributed by atoms with Gasteiger partial charge in [-0.1, -0.05) is 30.3 Å². The molecule has 0 fully saturated rings. The molecule has 3 rings (SSSR count). The number of carbonyl (C=O) groups excluding carboxylic acids is 2. The van der Waals surface area contributed by atoms with Crippen LogP contribution in [0.3, 0.4) is 0 Å². The third kappa shape index (κ3) is 3.41. The van der Waals surface area contributed by atoms with Gasteiger partial charge in [-0.2, -0.15) is 5.26 Å². The Hall–Kier alpha value is -3.24. The summed E-state index contributed by atoms with van der Waals surface area (Å²) in [5, 5.41) is 22.9. The number of hydrogen-bond donors (Lipinski definition) is 1. The zero-order chi connectivity index (χ0) is 18.7. The quantitative estimate of drug-likeness (QED) is 0.695. The molecule has 0 saturated heterocycles.